The van der Waals surface area contributed by atoms with Crippen molar-refractivity contribution in [1.29, 1.82) is 0 Å². The van der Waals surface area contributed by atoms with Crippen LogP contribution < -0.4 is 9.64 Å². The van der Waals surface area contributed by atoms with Crippen LogP contribution in [-0.2, 0) is 11.2 Å². The Morgan fingerprint density at radius 3 is 2.89 bits per heavy atom. The quantitative estimate of drug-likeness (QED) is 0.606. The second-order valence-electron chi connectivity index (χ2n) is 4.44. The summed E-state index contributed by atoms with van der Waals surface area (Å²) in [5.74, 6) is 1.71. The van der Waals surface area contributed by atoms with Gasteiger partial charge >= 0.3 is 0 Å². The van der Waals surface area contributed by atoms with Crippen molar-refractivity contribution in [1.82, 2.24) is 0 Å². The van der Waals surface area contributed by atoms with E-state index < -0.39 is 0 Å². The molecule has 0 aliphatic carbocycles. The normalized spacial score (nSPS) is 14.6. The molecule has 0 aromatic heterocycles. The maximum Gasteiger partial charge on any atom is 0.227 e. The third-order valence-corrected chi connectivity index (χ3v) is 3.52. The fourth-order valence-corrected chi connectivity index (χ4v) is 2.46. The molecule has 3 nitrogen and oxygen atoms in total. The van der Waals surface area contributed by atoms with Gasteiger partial charge in [-0.05, 0) is 43.0 Å². The van der Waals surface area contributed by atoms with Gasteiger partial charge in [0, 0.05) is 24.5 Å². The molecule has 1 aromatic rings. The predicted molar refractivity (Wildman–Crippen MR) is 73.6 cm³/mol. The minimum atomic E-state index is 0.210. The lowest BCUT2D eigenvalue weighted by molar-refractivity contribution is -0.118. The second kappa shape index (κ2) is 6.10. The van der Waals surface area contributed by atoms with E-state index in [1.807, 2.05) is 23.1 Å². The molecule has 1 heterocycles. The first-order chi connectivity index (χ1) is 8.76. The number of anilines is 1. The van der Waals surface area contributed by atoms with Crippen LogP contribution in [0.4, 0.5) is 5.69 Å². The molecule has 1 aliphatic rings. The number of aryl methyl sites for hydroxylation is 1. The summed E-state index contributed by atoms with van der Waals surface area (Å²) in [6.07, 6.45) is 3.27. The van der Waals surface area contributed by atoms with E-state index in [0.29, 0.717) is 12.3 Å². The van der Waals surface area contributed by atoms with Crippen molar-refractivity contribution in [3.63, 3.8) is 0 Å². The Hall–Kier alpha value is -1.22. The first kappa shape index (κ1) is 13.2. The topological polar surface area (TPSA) is 29.5 Å². The van der Waals surface area contributed by atoms with E-state index >= 15 is 0 Å². The van der Waals surface area contributed by atoms with Gasteiger partial charge in [-0.3, -0.25) is 4.79 Å². The van der Waals surface area contributed by atoms with Crippen LogP contribution in [0.2, 0.25) is 0 Å². The standard InChI is InChI=1S/C14H18ClNO2/c1-18-12-5-6-13-11(10-12)4-7-14(17)16(13)9-3-2-8-15/h5-6,10H,2-4,7-9H2,1H3. The van der Waals surface area contributed by atoms with Crippen molar-refractivity contribution in [3.05, 3.63) is 23.8 Å². The average molecular weight is 268 g/mol. The molecule has 0 unspecified atom stereocenters. The molecular formula is C14H18ClNO2. The lowest BCUT2D eigenvalue weighted by Gasteiger charge is -2.29. The molecule has 1 aliphatic heterocycles. The van der Waals surface area contributed by atoms with E-state index in [4.69, 9.17) is 16.3 Å². The molecular weight excluding hydrogens is 250 g/mol. The lowest BCUT2D eigenvalue weighted by atomic mass is 10.0. The number of nitrogens with zero attached hydrogens (tertiary/aromatic N) is 1. The largest absolute Gasteiger partial charge is 0.497 e. The second-order valence-corrected chi connectivity index (χ2v) is 4.81. The van der Waals surface area contributed by atoms with E-state index in [-0.39, 0.29) is 5.91 Å². The summed E-state index contributed by atoms with van der Waals surface area (Å²) >= 11 is 5.68. The van der Waals surface area contributed by atoms with Crippen molar-refractivity contribution in [3.8, 4) is 5.75 Å². The number of alkyl halides is 1. The summed E-state index contributed by atoms with van der Waals surface area (Å²) in [5.41, 5.74) is 2.22. The van der Waals surface area contributed by atoms with Crippen molar-refractivity contribution < 1.29 is 9.53 Å². The van der Waals surface area contributed by atoms with Gasteiger partial charge in [0.1, 0.15) is 5.75 Å². The Morgan fingerprint density at radius 1 is 1.33 bits per heavy atom. The van der Waals surface area contributed by atoms with Crippen molar-refractivity contribution >= 4 is 23.2 Å². The first-order valence-corrected chi connectivity index (χ1v) is 6.83. The number of carbonyl (C=O) groups is 1. The number of benzene rings is 1. The van der Waals surface area contributed by atoms with E-state index in [0.717, 1.165) is 37.2 Å². The van der Waals surface area contributed by atoms with Crippen LogP contribution in [-0.4, -0.2) is 25.4 Å². The molecule has 18 heavy (non-hydrogen) atoms. The number of methoxy groups -OCH3 is 1. The Kier molecular flexibility index (Phi) is 4.48. The van der Waals surface area contributed by atoms with Gasteiger partial charge in [-0.2, -0.15) is 0 Å². The Balaban J connectivity index is 2.18. The van der Waals surface area contributed by atoms with Crippen molar-refractivity contribution in [2.45, 2.75) is 25.7 Å². The SMILES string of the molecule is COc1ccc2c(c1)CCC(=O)N2CCCCCl. The molecule has 1 amide bonds. The summed E-state index contributed by atoms with van der Waals surface area (Å²) < 4.78 is 5.22. The monoisotopic (exact) mass is 267 g/mol. The van der Waals surface area contributed by atoms with Crippen LogP contribution >= 0.6 is 11.6 Å². The Labute approximate surface area is 113 Å². The van der Waals surface area contributed by atoms with Crippen LogP contribution in [0.25, 0.3) is 0 Å². The van der Waals surface area contributed by atoms with Gasteiger partial charge < -0.3 is 9.64 Å². The number of ether oxygens (including phenoxy) is 1. The fourth-order valence-electron chi connectivity index (χ4n) is 2.27. The fraction of sp³-hybridized carbons (Fsp3) is 0.500. The minimum absolute atomic E-state index is 0.210. The summed E-state index contributed by atoms with van der Waals surface area (Å²) in [5, 5.41) is 0. The summed E-state index contributed by atoms with van der Waals surface area (Å²) in [7, 11) is 1.66. The highest BCUT2D eigenvalue weighted by Gasteiger charge is 2.23. The molecule has 0 bridgehead atoms. The maximum atomic E-state index is 12.0. The summed E-state index contributed by atoms with van der Waals surface area (Å²) in [6.45, 7) is 0.755. The molecule has 0 atom stereocenters. The minimum Gasteiger partial charge on any atom is -0.497 e. The molecule has 98 valence electrons. The predicted octanol–water partition coefficient (Wildman–Crippen LogP) is 2.99. The Morgan fingerprint density at radius 2 is 2.17 bits per heavy atom. The number of unbranched alkanes of at least 4 members (excludes halogenated alkanes) is 1. The number of carbonyl (C=O) groups excluding carboxylic acids is 1. The summed E-state index contributed by atoms with van der Waals surface area (Å²) in [6, 6.07) is 5.91. The van der Waals surface area contributed by atoms with Crippen LogP contribution in [0.1, 0.15) is 24.8 Å². The molecule has 1 aromatic carbocycles. The van der Waals surface area contributed by atoms with Crippen LogP contribution in [0, 0.1) is 0 Å². The molecule has 0 saturated carbocycles. The number of hydrogen-bond donors (Lipinski definition) is 0. The zero-order valence-corrected chi connectivity index (χ0v) is 11.4. The third-order valence-electron chi connectivity index (χ3n) is 3.25. The smallest absolute Gasteiger partial charge is 0.227 e. The van der Waals surface area contributed by atoms with E-state index in [1.165, 1.54) is 5.56 Å². The van der Waals surface area contributed by atoms with E-state index in [1.54, 1.807) is 7.11 Å². The van der Waals surface area contributed by atoms with Crippen LogP contribution in [0.3, 0.4) is 0 Å². The molecule has 2 rings (SSSR count). The molecule has 0 spiro atoms. The van der Waals surface area contributed by atoms with Gasteiger partial charge in [0.25, 0.3) is 0 Å². The Bertz CT molecular complexity index is 434. The molecule has 0 radical (unpaired) electrons. The average Bonchev–Trinajstić information content (AvgIpc) is 2.41. The highest BCUT2D eigenvalue weighted by molar-refractivity contribution is 6.17. The van der Waals surface area contributed by atoms with Crippen LogP contribution in [0.15, 0.2) is 18.2 Å². The molecule has 4 heteroatoms. The van der Waals surface area contributed by atoms with Crippen molar-refractivity contribution in [2.75, 3.05) is 24.4 Å². The van der Waals surface area contributed by atoms with Crippen LogP contribution in [0.5, 0.6) is 5.75 Å². The molecule has 0 N–H and O–H groups in total. The summed E-state index contributed by atoms with van der Waals surface area (Å²) in [4.78, 5) is 13.8. The van der Waals surface area contributed by atoms with Gasteiger partial charge in [-0.1, -0.05) is 0 Å². The van der Waals surface area contributed by atoms with Gasteiger partial charge in [-0.15, -0.1) is 11.6 Å². The number of rotatable bonds is 5. The van der Waals surface area contributed by atoms with Gasteiger partial charge in [0.15, 0.2) is 0 Å². The molecule has 0 saturated heterocycles. The third kappa shape index (κ3) is 2.78. The van der Waals surface area contributed by atoms with Crippen molar-refractivity contribution in [2.24, 2.45) is 0 Å². The number of fused-ring (bicyclic) bond motifs is 1. The zero-order chi connectivity index (χ0) is 13.0. The number of halogens is 1. The highest BCUT2D eigenvalue weighted by Crippen LogP contribution is 2.31. The highest BCUT2D eigenvalue weighted by atomic mass is 35.5. The van der Waals surface area contributed by atoms with Gasteiger partial charge in [-0.25, -0.2) is 0 Å². The lowest BCUT2D eigenvalue weighted by Crippen LogP contribution is -2.35. The van der Waals surface area contributed by atoms with Gasteiger partial charge in [0.05, 0.1) is 7.11 Å². The number of amides is 1. The van der Waals surface area contributed by atoms with E-state index in [9.17, 15) is 4.79 Å². The van der Waals surface area contributed by atoms with Gasteiger partial charge in [0.2, 0.25) is 5.91 Å². The zero-order valence-electron chi connectivity index (χ0n) is 10.6. The van der Waals surface area contributed by atoms with E-state index in [2.05, 4.69) is 0 Å². The number of hydrogen-bond acceptors (Lipinski definition) is 2. The maximum absolute atomic E-state index is 12.0. The molecule has 0 fully saturated rings. The first-order valence-electron chi connectivity index (χ1n) is 6.29.